The number of carbonyl (C=O) groups is 2. The minimum Gasteiger partial charge on any atom is -0.481 e. The van der Waals surface area contributed by atoms with E-state index in [2.05, 4.69) is 0 Å². The van der Waals surface area contributed by atoms with Crippen LogP contribution >= 0.6 is 0 Å². The van der Waals surface area contributed by atoms with Crippen molar-refractivity contribution in [1.29, 1.82) is 0 Å². The van der Waals surface area contributed by atoms with Gasteiger partial charge in [0, 0.05) is 13.2 Å². The topological polar surface area (TPSA) is 66.8 Å². The molecule has 0 radical (unpaired) electrons. The van der Waals surface area contributed by atoms with Crippen molar-refractivity contribution >= 4 is 11.9 Å². The van der Waals surface area contributed by atoms with Gasteiger partial charge in [0.05, 0.1) is 18.1 Å². The first kappa shape index (κ1) is 15.1. The molecule has 5 nitrogen and oxygen atoms in total. The maximum Gasteiger partial charge on any atom is 0.471 e. The summed E-state index contributed by atoms with van der Waals surface area (Å²) in [7, 11) is 0. The number of hydrogen-bond donors (Lipinski definition) is 1. The smallest absolute Gasteiger partial charge is 0.471 e. The quantitative estimate of drug-likeness (QED) is 0.836. The molecule has 0 saturated carbocycles. The highest BCUT2D eigenvalue weighted by molar-refractivity contribution is 5.82. The van der Waals surface area contributed by atoms with Gasteiger partial charge in [-0.1, -0.05) is 0 Å². The van der Waals surface area contributed by atoms with Crippen molar-refractivity contribution in [3.63, 3.8) is 0 Å². The highest BCUT2D eigenvalue weighted by Crippen LogP contribution is 2.33. The second-order valence-electron chi connectivity index (χ2n) is 5.17. The molecule has 0 aromatic rings. The first-order chi connectivity index (χ1) is 9.30. The van der Waals surface area contributed by atoms with Gasteiger partial charge in [0.2, 0.25) is 0 Å². The zero-order valence-corrected chi connectivity index (χ0v) is 10.7. The fraction of sp³-hybridized carbons (Fsp3) is 0.833. The monoisotopic (exact) mass is 295 g/mol. The maximum atomic E-state index is 12.6. The molecular weight excluding hydrogens is 279 g/mol. The highest BCUT2D eigenvalue weighted by atomic mass is 19.4. The Balaban J connectivity index is 2.16. The zero-order chi connectivity index (χ0) is 14.9. The van der Waals surface area contributed by atoms with Crippen molar-refractivity contribution in [2.45, 2.75) is 44.0 Å². The molecule has 8 heteroatoms. The van der Waals surface area contributed by atoms with Gasteiger partial charge in [-0.25, -0.2) is 0 Å². The number of ether oxygens (including phenoxy) is 1. The first-order valence-corrected chi connectivity index (χ1v) is 6.53. The van der Waals surface area contributed by atoms with Gasteiger partial charge in [-0.3, -0.25) is 9.59 Å². The molecule has 0 spiro atoms. The van der Waals surface area contributed by atoms with E-state index in [1.54, 1.807) is 0 Å². The van der Waals surface area contributed by atoms with Gasteiger partial charge in [0.1, 0.15) is 0 Å². The number of aliphatic carboxylic acids is 1. The van der Waals surface area contributed by atoms with Crippen molar-refractivity contribution in [1.82, 2.24) is 4.90 Å². The molecule has 3 unspecified atom stereocenters. The predicted octanol–water partition coefficient (Wildman–Crippen LogP) is 1.42. The van der Waals surface area contributed by atoms with Crippen LogP contribution in [0.3, 0.4) is 0 Å². The molecule has 0 aliphatic carbocycles. The number of nitrogens with zero attached hydrogens (tertiary/aromatic N) is 1. The van der Waals surface area contributed by atoms with Crippen molar-refractivity contribution in [3.8, 4) is 0 Å². The summed E-state index contributed by atoms with van der Waals surface area (Å²) >= 11 is 0. The predicted molar refractivity (Wildman–Crippen MR) is 60.9 cm³/mol. The minimum absolute atomic E-state index is 0.0157. The van der Waals surface area contributed by atoms with E-state index in [1.165, 1.54) is 0 Å². The van der Waals surface area contributed by atoms with E-state index in [9.17, 15) is 22.8 Å². The Morgan fingerprint density at radius 1 is 1.25 bits per heavy atom. The average molecular weight is 295 g/mol. The number of carboxylic acid groups (broad SMARTS) is 1. The van der Waals surface area contributed by atoms with Crippen LogP contribution in [0.1, 0.15) is 25.7 Å². The Morgan fingerprint density at radius 3 is 2.45 bits per heavy atom. The number of piperidine rings is 1. The molecule has 3 atom stereocenters. The molecule has 0 aromatic carbocycles. The average Bonchev–Trinajstić information content (AvgIpc) is 2.89. The number of halogens is 3. The lowest BCUT2D eigenvalue weighted by Gasteiger charge is -2.41. The van der Waals surface area contributed by atoms with Gasteiger partial charge in [-0.2, -0.15) is 13.2 Å². The Hall–Kier alpha value is -1.31. The van der Waals surface area contributed by atoms with Gasteiger partial charge in [-0.05, 0) is 25.7 Å². The van der Waals surface area contributed by atoms with Crippen LogP contribution in [0.5, 0.6) is 0 Å². The van der Waals surface area contributed by atoms with Gasteiger partial charge in [-0.15, -0.1) is 0 Å². The molecule has 2 aliphatic rings. The van der Waals surface area contributed by atoms with Crippen molar-refractivity contribution in [2.75, 3.05) is 13.2 Å². The Kier molecular flexibility index (Phi) is 4.22. The van der Waals surface area contributed by atoms with Crippen LogP contribution in [0, 0.1) is 5.92 Å². The second kappa shape index (κ2) is 5.59. The van der Waals surface area contributed by atoms with E-state index in [-0.39, 0.29) is 19.4 Å². The molecule has 2 saturated heterocycles. The first-order valence-electron chi connectivity index (χ1n) is 6.53. The van der Waals surface area contributed by atoms with Crippen LogP contribution in [0.25, 0.3) is 0 Å². The van der Waals surface area contributed by atoms with E-state index < -0.39 is 36.1 Å². The molecule has 2 rings (SSSR count). The molecule has 0 bridgehead atoms. The minimum atomic E-state index is -4.94. The number of likely N-dealkylation sites (tertiary alicyclic amines) is 1. The summed E-state index contributed by atoms with van der Waals surface area (Å²) in [6.07, 6.45) is -4.11. The highest BCUT2D eigenvalue weighted by Gasteiger charge is 2.49. The van der Waals surface area contributed by atoms with Crippen LogP contribution in [0.15, 0.2) is 0 Å². The summed E-state index contributed by atoms with van der Waals surface area (Å²) in [5, 5.41) is 9.02. The van der Waals surface area contributed by atoms with Gasteiger partial charge >= 0.3 is 18.1 Å². The molecule has 1 N–H and O–H groups in total. The number of carboxylic acids is 1. The lowest BCUT2D eigenvalue weighted by molar-refractivity contribution is -0.193. The molecule has 0 aromatic heterocycles. The number of hydrogen-bond acceptors (Lipinski definition) is 3. The molecule has 2 aliphatic heterocycles. The summed E-state index contributed by atoms with van der Waals surface area (Å²) in [6, 6.07) is -0.804. The van der Waals surface area contributed by atoms with Crippen LogP contribution in [-0.4, -0.2) is 53.4 Å². The third-order valence-electron chi connectivity index (χ3n) is 3.89. The van der Waals surface area contributed by atoms with E-state index in [0.29, 0.717) is 19.4 Å². The summed E-state index contributed by atoms with van der Waals surface area (Å²) < 4.78 is 43.2. The molecule has 20 heavy (non-hydrogen) atoms. The lowest BCUT2D eigenvalue weighted by Crippen LogP contribution is -2.56. The third kappa shape index (κ3) is 3.05. The van der Waals surface area contributed by atoms with Crippen molar-refractivity contribution in [3.05, 3.63) is 0 Å². The van der Waals surface area contributed by atoms with E-state index in [0.717, 1.165) is 4.90 Å². The van der Waals surface area contributed by atoms with E-state index in [1.807, 2.05) is 0 Å². The number of carbonyl (C=O) groups excluding carboxylic acids is 1. The number of alkyl halides is 3. The lowest BCUT2D eigenvalue weighted by atomic mass is 9.87. The largest absolute Gasteiger partial charge is 0.481 e. The molecular formula is C12H16F3NO4. The van der Waals surface area contributed by atoms with Crippen molar-refractivity contribution < 1.29 is 32.6 Å². The molecule has 1 amide bonds. The Morgan fingerprint density at radius 2 is 1.95 bits per heavy atom. The Labute approximate surface area is 113 Å². The van der Waals surface area contributed by atoms with E-state index in [4.69, 9.17) is 9.84 Å². The third-order valence-corrected chi connectivity index (χ3v) is 3.89. The Bertz CT molecular complexity index is 393. The van der Waals surface area contributed by atoms with E-state index >= 15 is 0 Å². The van der Waals surface area contributed by atoms with Crippen molar-refractivity contribution in [2.24, 2.45) is 5.92 Å². The fourth-order valence-corrected chi connectivity index (χ4v) is 2.90. The second-order valence-corrected chi connectivity index (χ2v) is 5.17. The summed E-state index contributed by atoms with van der Waals surface area (Å²) in [5.74, 6) is -3.66. The summed E-state index contributed by atoms with van der Waals surface area (Å²) in [6.45, 7) is 0.243. The maximum absolute atomic E-state index is 12.6. The summed E-state index contributed by atoms with van der Waals surface area (Å²) in [5.41, 5.74) is 0. The fourth-order valence-electron chi connectivity index (χ4n) is 2.90. The number of rotatable bonds is 2. The van der Waals surface area contributed by atoms with Crippen LogP contribution in [0.4, 0.5) is 13.2 Å². The standard InChI is InChI=1S/C12H16F3NO4/c13-12(14,15)11(19)16-4-3-7(10(17)18)6-8(16)9-2-1-5-20-9/h7-9H,1-6H2,(H,17,18). The van der Waals surface area contributed by atoms with Gasteiger partial charge < -0.3 is 14.7 Å². The zero-order valence-electron chi connectivity index (χ0n) is 10.7. The van der Waals surface area contributed by atoms with Gasteiger partial charge in [0.25, 0.3) is 0 Å². The van der Waals surface area contributed by atoms with Crippen LogP contribution in [-0.2, 0) is 14.3 Å². The summed E-state index contributed by atoms with van der Waals surface area (Å²) in [4.78, 5) is 23.2. The molecule has 2 heterocycles. The molecule has 114 valence electrons. The normalized spacial score (nSPS) is 31.4. The van der Waals surface area contributed by atoms with Crippen LogP contribution < -0.4 is 0 Å². The molecule has 2 fully saturated rings. The number of amides is 1. The van der Waals surface area contributed by atoms with Gasteiger partial charge in [0.15, 0.2) is 0 Å². The SMILES string of the molecule is O=C(O)C1CCN(C(=O)C(F)(F)F)C(C2CCCO2)C1. The van der Waals surface area contributed by atoms with Crippen LogP contribution in [0.2, 0.25) is 0 Å².